The molecular weight excluding hydrogens is 252 g/mol. The van der Waals surface area contributed by atoms with E-state index in [1.165, 1.54) is 38.5 Å². The first-order chi connectivity index (χ1) is 5.56. The van der Waals surface area contributed by atoms with E-state index in [4.69, 9.17) is 0 Å². The maximum Gasteiger partial charge on any atom is 0.110 e. The second-order valence-corrected chi connectivity index (χ2v) is 7.70. The zero-order chi connectivity index (χ0) is 9.45. The van der Waals surface area contributed by atoms with Gasteiger partial charge in [0, 0.05) is 0 Å². The lowest BCUT2D eigenvalue weighted by Gasteiger charge is -2.12. The molecule has 3 heteroatoms. The van der Waals surface area contributed by atoms with E-state index >= 15 is 0 Å². The second-order valence-electron chi connectivity index (χ2n) is 3.24. The van der Waals surface area contributed by atoms with Crippen molar-refractivity contribution in [3.63, 3.8) is 0 Å². The predicted octanol–water partition coefficient (Wildman–Crippen LogP) is 4.65. The van der Waals surface area contributed by atoms with Crippen molar-refractivity contribution in [2.24, 2.45) is 0 Å². The smallest absolute Gasteiger partial charge is 0.110 e. The minimum Gasteiger partial charge on any atom is -0.151 e. The van der Waals surface area contributed by atoms with Crippen LogP contribution in [0.15, 0.2) is 0 Å². The Hall–Kier alpha value is 1.18. The fourth-order valence-electron chi connectivity index (χ4n) is 1.13. The lowest BCUT2D eigenvalue weighted by Crippen LogP contribution is -2.00. The highest BCUT2D eigenvalue weighted by atomic mass is 79.9. The van der Waals surface area contributed by atoms with Crippen LogP contribution in [0.2, 0.25) is 0 Å². The van der Waals surface area contributed by atoms with E-state index in [-0.39, 0.29) is 2.99 Å². The van der Waals surface area contributed by atoms with E-state index in [1.807, 2.05) is 0 Å². The van der Waals surface area contributed by atoms with E-state index in [0.29, 0.717) is 0 Å². The Morgan fingerprint density at radius 1 is 1.00 bits per heavy atom. The minimum absolute atomic E-state index is 0.252. The summed E-state index contributed by atoms with van der Waals surface area (Å²) in [5.74, 6) is 0. The summed E-state index contributed by atoms with van der Waals surface area (Å²) in [6.45, 7) is 2.24. The fraction of sp³-hybridized carbons (Fsp3) is 1.00. The lowest BCUT2D eigenvalue weighted by molar-refractivity contribution is 0.598. The first kappa shape index (κ1) is 13.2. The van der Waals surface area contributed by atoms with Crippen LogP contribution in [0.3, 0.4) is 0 Å². The Kier molecular flexibility index (Phi) is 8.32. The molecule has 12 heavy (non-hydrogen) atoms. The molecular formula is C9H19BrS2. The van der Waals surface area contributed by atoms with Crippen LogP contribution in [-0.2, 0) is 0 Å². The third kappa shape index (κ3) is 11.2. The molecule has 0 unspecified atom stereocenters. The summed E-state index contributed by atoms with van der Waals surface area (Å²) in [6.07, 6.45) is 9.01. The summed E-state index contributed by atoms with van der Waals surface area (Å²) in [4.78, 5) is 0. The van der Waals surface area contributed by atoms with E-state index < -0.39 is 0 Å². The zero-order valence-electron chi connectivity index (χ0n) is 7.72. The van der Waals surface area contributed by atoms with Gasteiger partial charge in [0.25, 0.3) is 0 Å². The number of rotatable bonds is 7. The Morgan fingerprint density at radius 3 is 2.00 bits per heavy atom. The maximum atomic E-state index is 4.28. The molecule has 74 valence electrons. The van der Waals surface area contributed by atoms with Gasteiger partial charge in [0.2, 0.25) is 0 Å². The SMILES string of the molecule is CCCCCCCCC(S)(S)Br. The summed E-state index contributed by atoms with van der Waals surface area (Å²) >= 11 is 11.9. The normalized spacial score (nSPS) is 12.0. The second kappa shape index (κ2) is 7.57. The molecule has 0 aromatic rings. The standard InChI is InChI=1S/C9H19BrS2/c1-2-3-4-5-6-7-8-9(10,11)12/h11-12H,2-8H2,1H3. The third-order valence-electron chi connectivity index (χ3n) is 1.85. The van der Waals surface area contributed by atoms with Crippen LogP contribution in [-0.4, -0.2) is 2.99 Å². The van der Waals surface area contributed by atoms with E-state index in [2.05, 4.69) is 48.1 Å². The molecule has 0 aromatic heterocycles. The molecule has 0 aliphatic carbocycles. The topological polar surface area (TPSA) is 0 Å². The van der Waals surface area contributed by atoms with Crippen LogP contribution in [0.4, 0.5) is 0 Å². The zero-order valence-corrected chi connectivity index (χ0v) is 11.1. The summed E-state index contributed by atoms with van der Waals surface area (Å²) in [7, 11) is 0. The van der Waals surface area contributed by atoms with Gasteiger partial charge >= 0.3 is 0 Å². The Balaban J connectivity index is 3.01. The number of hydrogen-bond donors (Lipinski definition) is 2. The van der Waals surface area contributed by atoms with Crippen molar-refractivity contribution < 1.29 is 0 Å². The van der Waals surface area contributed by atoms with Gasteiger partial charge in [0.1, 0.15) is 2.99 Å². The highest BCUT2D eigenvalue weighted by Gasteiger charge is 2.13. The van der Waals surface area contributed by atoms with Crippen LogP contribution < -0.4 is 0 Å². The molecule has 0 fully saturated rings. The summed E-state index contributed by atoms with van der Waals surface area (Å²) < 4.78 is -0.252. The summed E-state index contributed by atoms with van der Waals surface area (Å²) in [5, 5.41) is 0. The molecule has 0 amide bonds. The van der Waals surface area contributed by atoms with Crippen molar-refractivity contribution in [1.29, 1.82) is 0 Å². The molecule has 0 aliphatic rings. The van der Waals surface area contributed by atoms with Crippen molar-refractivity contribution in [2.75, 3.05) is 0 Å². The predicted molar refractivity (Wildman–Crippen MR) is 67.6 cm³/mol. The molecule has 0 atom stereocenters. The quantitative estimate of drug-likeness (QED) is 0.286. The number of hydrogen-bond acceptors (Lipinski definition) is 2. The molecule has 0 nitrogen and oxygen atoms in total. The average molecular weight is 271 g/mol. The Labute approximate surface area is 95.8 Å². The molecule has 0 spiro atoms. The van der Waals surface area contributed by atoms with Gasteiger partial charge in [-0.15, -0.1) is 0 Å². The van der Waals surface area contributed by atoms with Crippen LogP contribution >= 0.6 is 41.2 Å². The largest absolute Gasteiger partial charge is 0.151 e. The molecule has 0 saturated heterocycles. The molecule has 0 rings (SSSR count). The van der Waals surface area contributed by atoms with Crippen LogP contribution in [0, 0.1) is 0 Å². The van der Waals surface area contributed by atoms with Crippen molar-refractivity contribution >= 4 is 41.2 Å². The number of halogens is 1. The molecule has 0 radical (unpaired) electrons. The van der Waals surface area contributed by atoms with Gasteiger partial charge in [0.05, 0.1) is 0 Å². The molecule has 0 heterocycles. The van der Waals surface area contributed by atoms with E-state index in [9.17, 15) is 0 Å². The van der Waals surface area contributed by atoms with Crippen molar-refractivity contribution in [1.82, 2.24) is 0 Å². The van der Waals surface area contributed by atoms with Crippen molar-refractivity contribution in [3.05, 3.63) is 0 Å². The van der Waals surface area contributed by atoms with Gasteiger partial charge in [-0.3, -0.25) is 0 Å². The monoisotopic (exact) mass is 270 g/mol. The first-order valence-corrected chi connectivity index (χ1v) is 6.38. The lowest BCUT2D eigenvalue weighted by atomic mass is 10.1. The molecule has 0 bridgehead atoms. The molecule has 0 saturated carbocycles. The first-order valence-electron chi connectivity index (χ1n) is 4.70. The summed E-state index contributed by atoms with van der Waals surface area (Å²) in [5.41, 5.74) is 0. The third-order valence-corrected chi connectivity index (χ3v) is 2.69. The Morgan fingerprint density at radius 2 is 1.50 bits per heavy atom. The molecule has 0 aliphatic heterocycles. The van der Waals surface area contributed by atoms with E-state index in [1.54, 1.807) is 0 Å². The highest BCUT2D eigenvalue weighted by molar-refractivity contribution is 9.13. The van der Waals surface area contributed by atoms with Crippen LogP contribution in [0.5, 0.6) is 0 Å². The fourth-order valence-corrected chi connectivity index (χ4v) is 1.73. The van der Waals surface area contributed by atoms with Gasteiger partial charge in [0.15, 0.2) is 0 Å². The van der Waals surface area contributed by atoms with E-state index in [0.717, 1.165) is 6.42 Å². The number of unbranched alkanes of at least 4 members (excludes halogenated alkanes) is 5. The van der Waals surface area contributed by atoms with Gasteiger partial charge in [-0.2, -0.15) is 25.3 Å². The van der Waals surface area contributed by atoms with Gasteiger partial charge in [-0.1, -0.05) is 61.4 Å². The van der Waals surface area contributed by atoms with Crippen molar-refractivity contribution in [3.8, 4) is 0 Å². The molecule has 0 N–H and O–H groups in total. The number of thiol groups is 2. The van der Waals surface area contributed by atoms with Crippen LogP contribution in [0.25, 0.3) is 0 Å². The average Bonchev–Trinajstić information content (AvgIpc) is 1.94. The summed E-state index contributed by atoms with van der Waals surface area (Å²) in [6, 6.07) is 0. The van der Waals surface area contributed by atoms with Crippen LogP contribution in [0.1, 0.15) is 51.9 Å². The van der Waals surface area contributed by atoms with Gasteiger partial charge in [-0.05, 0) is 6.42 Å². The Bertz CT molecular complexity index is 99.2. The van der Waals surface area contributed by atoms with Crippen molar-refractivity contribution in [2.45, 2.75) is 54.9 Å². The molecule has 0 aromatic carbocycles. The maximum absolute atomic E-state index is 4.28. The number of alkyl halides is 1. The van der Waals surface area contributed by atoms with Gasteiger partial charge in [-0.25, -0.2) is 0 Å². The van der Waals surface area contributed by atoms with Gasteiger partial charge < -0.3 is 0 Å². The minimum atomic E-state index is -0.252. The highest BCUT2D eigenvalue weighted by Crippen LogP contribution is 2.33.